The number of sulfonamides is 1. The van der Waals surface area contributed by atoms with Crippen LogP contribution in [0.2, 0.25) is 0 Å². The van der Waals surface area contributed by atoms with Crippen LogP contribution in [0, 0.1) is 13.8 Å². The van der Waals surface area contributed by atoms with Crippen LogP contribution >= 0.6 is 0 Å². The molecule has 2 rings (SSSR count). The van der Waals surface area contributed by atoms with Gasteiger partial charge >= 0.3 is 5.97 Å². The second-order valence-electron chi connectivity index (χ2n) is 5.60. The van der Waals surface area contributed by atoms with Crippen molar-refractivity contribution in [1.29, 1.82) is 0 Å². The molecule has 0 amide bonds. The molecule has 0 heterocycles. The van der Waals surface area contributed by atoms with Crippen molar-refractivity contribution in [1.82, 2.24) is 0 Å². The average molecular weight is 379 g/mol. The Balaban J connectivity index is 2.50. The standard InChI is InChI=1S/C18H21NO6S/c1-11-9-17(12(2)8-16(11)24-4)26(21,22)19-14-10-13(18(20)25-5)6-7-15(14)23-3/h6-10,19H,1-5H3. The molecule has 0 aromatic heterocycles. The van der Waals surface area contributed by atoms with E-state index in [4.69, 9.17) is 9.47 Å². The summed E-state index contributed by atoms with van der Waals surface area (Å²) < 4.78 is 43.3. The number of aryl methyl sites for hydroxylation is 2. The van der Waals surface area contributed by atoms with E-state index in [9.17, 15) is 13.2 Å². The van der Waals surface area contributed by atoms with Gasteiger partial charge in [0, 0.05) is 0 Å². The second-order valence-corrected chi connectivity index (χ2v) is 7.25. The number of carbonyl (C=O) groups excluding carboxylic acids is 1. The maximum atomic E-state index is 12.9. The third-order valence-electron chi connectivity index (χ3n) is 3.85. The van der Waals surface area contributed by atoms with Gasteiger partial charge in [-0.1, -0.05) is 0 Å². The van der Waals surface area contributed by atoms with E-state index in [1.54, 1.807) is 19.9 Å². The zero-order valence-electron chi connectivity index (χ0n) is 15.2. The molecule has 0 fully saturated rings. The first kappa shape index (κ1) is 19.6. The summed E-state index contributed by atoms with van der Waals surface area (Å²) in [6.07, 6.45) is 0. The van der Waals surface area contributed by atoms with Gasteiger partial charge in [0.05, 0.1) is 37.5 Å². The van der Waals surface area contributed by atoms with Gasteiger partial charge in [0.1, 0.15) is 11.5 Å². The van der Waals surface area contributed by atoms with Gasteiger partial charge in [-0.3, -0.25) is 4.72 Å². The van der Waals surface area contributed by atoms with Gasteiger partial charge in [-0.25, -0.2) is 13.2 Å². The lowest BCUT2D eigenvalue weighted by Gasteiger charge is -2.15. The minimum absolute atomic E-state index is 0.112. The van der Waals surface area contributed by atoms with Gasteiger partial charge in [-0.2, -0.15) is 0 Å². The molecule has 26 heavy (non-hydrogen) atoms. The summed E-state index contributed by atoms with van der Waals surface area (Å²) in [5.74, 6) is 0.306. The second kappa shape index (κ2) is 7.65. The molecule has 0 aliphatic rings. The molecule has 0 aliphatic carbocycles. The van der Waals surface area contributed by atoms with Crippen molar-refractivity contribution in [2.24, 2.45) is 0 Å². The topological polar surface area (TPSA) is 90.9 Å². The van der Waals surface area contributed by atoms with Crippen LogP contribution in [0.4, 0.5) is 5.69 Å². The highest BCUT2D eigenvalue weighted by Crippen LogP contribution is 2.31. The number of ether oxygens (including phenoxy) is 3. The molecule has 2 aromatic rings. The fourth-order valence-electron chi connectivity index (χ4n) is 2.50. The van der Waals surface area contributed by atoms with Crippen molar-refractivity contribution in [3.63, 3.8) is 0 Å². The molecule has 0 saturated carbocycles. The minimum atomic E-state index is -3.91. The Labute approximate surface area is 152 Å². The van der Waals surface area contributed by atoms with E-state index in [-0.39, 0.29) is 21.9 Å². The van der Waals surface area contributed by atoms with Crippen molar-refractivity contribution in [3.05, 3.63) is 47.0 Å². The van der Waals surface area contributed by atoms with Crippen LogP contribution < -0.4 is 14.2 Å². The fourth-order valence-corrected chi connectivity index (χ4v) is 3.88. The number of methoxy groups -OCH3 is 3. The lowest BCUT2D eigenvalue weighted by molar-refractivity contribution is 0.0600. The molecule has 2 aromatic carbocycles. The maximum Gasteiger partial charge on any atom is 0.337 e. The first-order valence-corrected chi connectivity index (χ1v) is 9.16. The summed E-state index contributed by atoms with van der Waals surface area (Å²) in [4.78, 5) is 11.8. The molecule has 0 aliphatic heterocycles. The van der Waals surface area contributed by atoms with Crippen LogP contribution in [-0.2, 0) is 14.8 Å². The molecule has 0 radical (unpaired) electrons. The number of nitrogens with one attached hydrogen (secondary N) is 1. The van der Waals surface area contributed by atoms with E-state index >= 15 is 0 Å². The van der Waals surface area contributed by atoms with Crippen LogP contribution in [0.1, 0.15) is 21.5 Å². The van der Waals surface area contributed by atoms with Crippen molar-refractivity contribution in [2.45, 2.75) is 18.7 Å². The molecule has 8 heteroatoms. The van der Waals surface area contributed by atoms with E-state index in [1.165, 1.54) is 45.6 Å². The Morgan fingerprint density at radius 3 is 2.15 bits per heavy atom. The zero-order chi connectivity index (χ0) is 19.5. The molecule has 0 unspecified atom stereocenters. The predicted octanol–water partition coefficient (Wildman–Crippen LogP) is 2.91. The van der Waals surface area contributed by atoms with E-state index in [0.29, 0.717) is 16.9 Å². The van der Waals surface area contributed by atoms with E-state index < -0.39 is 16.0 Å². The third kappa shape index (κ3) is 3.91. The Kier molecular flexibility index (Phi) is 5.76. The van der Waals surface area contributed by atoms with E-state index in [0.717, 1.165) is 0 Å². The molecule has 0 spiro atoms. The first-order valence-electron chi connectivity index (χ1n) is 7.68. The van der Waals surface area contributed by atoms with Gasteiger partial charge in [-0.15, -0.1) is 0 Å². The molecule has 0 bridgehead atoms. The Morgan fingerprint density at radius 1 is 0.923 bits per heavy atom. The van der Waals surface area contributed by atoms with Gasteiger partial charge in [0.15, 0.2) is 0 Å². The number of esters is 1. The summed E-state index contributed by atoms with van der Waals surface area (Å²) in [6.45, 7) is 3.44. The highest BCUT2D eigenvalue weighted by molar-refractivity contribution is 7.92. The fraction of sp³-hybridized carbons (Fsp3) is 0.278. The van der Waals surface area contributed by atoms with Crippen molar-refractivity contribution >= 4 is 21.7 Å². The van der Waals surface area contributed by atoms with Crippen molar-refractivity contribution < 1.29 is 27.4 Å². The SMILES string of the molecule is COC(=O)c1ccc(OC)c(NS(=O)(=O)c2cc(C)c(OC)cc2C)c1. The maximum absolute atomic E-state index is 12.9. The number of rotatable bonds is 6. The van der Waals surface area contributed by atoms with Gasteiger partial charge < -0.3 is 14.2 Å². The number of carbonyl (C=O) groups is 1. The lowest BCUT2D eigenvalue weighted by Crippen LogP contribution is -2.16. The summed E-state index contributed by atoms with van der Waals surface area (Å²) in [7, 11) is 0.275. The monoisotopic (exact) mass is 379 g/mol. The lowest BCUT2D eigenvalue weighted by atomic mass is 10.1. The molecule has 7 nitrogen and oxygen atoms in total. The van der Waals surface area contributed by atoms with Crippen LogP contribution in [0.15, 0.2) is 35.2 Å². The predicted molar refractivity (Wildman–Crippen MR) is 97.6 cm³/mol. The first-order chi connectivity index (χ1) is 12.2. The van der Waals surface area contributed by atoms with E-state index in [1.807, 2.05) is 0 Å². The summed E-state index contributed by atoms with van der Waals surface area (Å²) in [5.41, 5.74) is 1.56. The van der Waals surface area contributed by atoms with Crippen LogP contribution in [0.25, 0.3) is 0 Å². The average Bonchev–Trinajstić information content (AvgIpc) is 2.62. The number of benzene rings is 2. The number of hydrogen-bond acceptors (Lipinski definition) is 6. The van der Waals surface area contributed by atoms with E-state index in [2.05, 4.69) is 9.46 Å². The third-order valence-corrected chi connectivity index (χ3v) is 5.35. The highest BCUT2D eigenvalue weighted by Gasteiger charge is 2.21. The van der Waals surface area contributed by atoms with Crippen LogP contribution in [-0.4, -0.2) is 35.7 Å². The van der Waals surface area contributed by atoms with Gasteiger partial charge in [0.25, 0.3) is 10.0 Å². The Morgan fingerprint density at radius 2 is 1.58 bits per heavy atom. The summed E-state index contributed by atoms with van der Waals surface area (Å²) in [5, 5.41) is 0. The largest absolute Gasteiger partial charge is 0.496 e. The normalized spacial score (nSPS) is 11.0. The number of anilines is 1. The Hall–Kier alpha value is -2.74. The van der Waals surface area contributed by atoms with Crippen molar-refractivity contribution in [3.8, 4) is 11.5 Å². The molecule has 140 valence electrons. The molecule has 0 saturated heterocycles. The molecular formula is C18H21NO6S. The highest BCUT2D eigenvalue weighted by atomic mass is 32.2. The molecule has 1 N–H and O–H groups in total. The van der Waals surface area contributed by atoms with Crippen LogP contribution in [0.3, 0.4) is 0 Å². The quantitative estimate of drug-likeness (QED) is 0.776. The molecule has 0 atom stereocenters. The van der Waals surface area contributed by atoms with Crippen LogP contribution in [0.5, 0.6) is 11.5 Å². The number of hydrogen-bond donors (Lipinski definition) is 1. The minimum Gasteiger partial charge on any atom is -0.496 e. The smallest absolute Gasteiger partial charge is 0.337 e. The van der Waals surface area contributed by atoms with Crippen molar-refractivity contribution in [2.75, 3.05) is 26.1 Å². The summed E-state index contributed by atoms with van der Waals surface area (Å²) >= 11 is 0. The van der Waals surface area contributed by atoms with Gasteiger partial charge in [0.2, 0.25) is 0 Å². The molecular weight excluding hydrogens is 358 g/mol. The van der Waals surface area contributed by atoms with Gasteiger partial charge in [-0.05, 0) is 55.3 Å². The Bertz CT molecular complexity index is 937. The summed E-state index contributed by atoms with van der Waals surface area (Å²) in [6, 6.07) is 7.55. The zero-order valence-corrected chi connectivity index (χ0v) is 16.1.